The Kier molecular flexibility index (Phi) is 5.16. The van der Waals surface area contributed by atoms with Crippen molar-refractivity contribution in [1.29, 1.82) is 0 Å². The van der Waals surface area contributed by atoms with Gasteiger partial charge in [-0.25, -0.2) is 4.98 Å². The van der Waals surface area contributed by atoms with Crippen molar-refractivity contribution in [1.82, 2.24) is 14.9 Å². The lowest BCUT2D eigenvalue weighted by molar-refractivity contribution is -0.128. The Morgan fingerprint density at radius 2 is 2.07 bits per heavy atom. The molecule has 1 unspecified atom stereocenters. The first-order valence-electron chi connectivity index (χ1n) is 9.09. The van der Waals surface area contributed by atoms with E-state index in [-0.39, 0.29) is 24.2 Å². The molecule has 142 valence electrons. The van der Waals surface area contributed by atoms with Crippen molar-refractivity contribution in [2.75, 3.05) is 11.9 Å². The van der Waals surface area contributed by atoms with E-state index in [1.54, 1.807) is 11.1 Å². The Morgan fingerprint density at radius 3 is 2.82 bits per heavy atom. The van der Waals surface area contributed by atoms with Crippen LogP contribution < -0.4 is 5.32 Å². The zero-order valence-corrected chi connectivity index (χ0v) is 16.3. The number of aryl methyl sites for hydroxylation is 1. The van der Waals surface area contributed by atoms with Crippen molar-refractivity contribution < 1.29 is 9.59 Å². The lowest BCUT2D eigenvalue weighted by atomic mass is 10.1. The van der Waals surface area contributed by atoms with Crippen LogP contribution in [-0.4, -0.2) is 33.2 Å². The Hall–Kier alpha value is -3.06. The first-order chi connectivity index (χ1) is 13.6. The van der Waals surface area contributed by atoms with Gasteiger partial charge in [0.2, 0.25) is 11.8 Å². The Morgan fingerprint density at radius 1 is 1.25 bits per heavy atom. The predicted octanol–water partition coefficient (Wildman–Crippen LogP) is 3.50. The highest BCUT2D eigenvalue weighted by Crippen LogP contribution is 2.27. The molecular weight excluding hydrogens is 372 g/mol. The number of amides is 2. The highest BCUT2D eigenvalue weighted by atomic mass is 32.1. The highest BCUT2D eigenvalue weighted by Gasteiger charge is 2.34. The molecule has 1 aliphatic rings. The van der Waals surface area contributed by atoms with Gasteiger partial charge in [-0.2, -0.15) is 0 Å². The van der Waals surface area contributed by atoms with Gasteiger partial charge in [0, 0.05) is 30.1 Å². The molecule has 1 atom stereocenters. The maximum Gasteiger partial charge on any atom is 0.231 e. The summed E-state index contributed by atoms with van der Waals surface area (Å²) in [6, 6.07) is 13.7. The van der Waals surface area contributed by atoms with Gasteiger partial charge in [-0.1, -0.05) is 35.9 Å². The average Bonchev–Trinajstić information content (AvgIpc) is 3.30. The summed E-state index contributed by atoms with van der Waals surface area (Å²) in [4.78, 5) is 35.3. The van der Waals surface area contributed by atoms with Gasteiger partial charge in [-0.05, 0) is 19.1 Å². The summed E-state index contributed by atoms with van der Waals surface area (Å²) < 4.78 is 0. The minimum absolute atomic E-state index is 0.0229. The van der Waals surface area contributed by atoms with Crippen LogP contribution in [0.2, 0.25) is 0 Å². The van der Waals surface area contributed by atoms with E-state index in [1.165, 1.54) is 16.9 Å². The quantitative estimate of drug-likeness (QED) is 0.721. The number of carbonyl (C=O) groups is 2. The number of nitrogens with one attached hydrogen (secondary N) is 1. The van der Waals surface area contributed by atoms with Gasteiger partial charge in [-0.3, -0.25) is 14.6 Å². The largest absolute Gasteiger partial charge is 0.336 e. The molecule has 1 saturated heterocycles. The molecule has 3 heterocycles. The molecule has 3 aromatic rings. The fraction of sp³-hybridized carbons (Fsp3) is 0.238. The van der Waals surface area contributed by atoms with Crippen LogP contribution in [0.25, 0.3) is 11.3 Å². The second kappa shape index (κ2) is 7.90. The zero-order chi connectivity index (χ0) is 19.5. The van der Waals surface area contributed by atoms with Crippen molar-refractivity contribution in [3.63, 3.8) is 0 Å². The summed E-state index contributed by atoms with van der Waals surface area (Å²) in [6.45, 7) is 2.87. The third-order valence-electron chi connectivity index (χ3n) is 4.75. The van der Waals surface area contributed by atoms with Gasteiger partial charge in [0.15, 0.2) is 5.13 Å². The highest BCUT2D eigenvalue weighted by molar-refractivity contribution is 7.14. The molecule has 0 aliphatic carbocycles. The number of likely N-dealkylation sites (tertiary alicyclic amines) is 1. The Balaban J connectivity index is 1.38. The monoisotopic (exact) mass is 392 g/mol. The molecule has 2 aromatic heterocycles. The number of anilines is 1. The smallest absolute Gasteiger partial charge is 0.231 e. The summed E-state index contributed by atoms with van der Waals surface area (Å²) in [5.74, 6) is -0.560. The number of aromatic nitrogens is 2. The third-order valence-corrected chi connectivity index (χ3v) is 5.50. The molecular formula is C21H20N4O2S. The number of hydrogen-bond donors (Lipinski definition) is 1. The van der Waals surface area contributed by atoms with E-state index in [1.807, 2.05) is 54.8 Å². The van der Waals surface area contributed by atoms with Gasteiger partial charge < -0.3 is 10.2 Å². The molecule has 0 saturated carbocycles. The average molecular weight is 392 g/mol. The van der Waals surface area contributed by atoms with E-state index in [0.29, 0.717) is 18.2 Å². The van der Waals surface area contributed by atoms with E-state index in [0.717, 1.165) is 17.0 Å². The SMILES string of the molecule is Cc1ccc(-c2csc(NC(=O)C3CC(=O)N(Cc4ccccn4)C3)n2)cc1. The molecule has 7 heteroatoms. The number of carbonyl (C=O) groups excluding carboxylic acids is 2. The lowest BCUT2D eigenvalue weighted by Crippen LogP contribution is -2.28. The number of nitrogens with zero attached hydrogens (tertiary/aromatic N) is 3. The maximum atomic E-state index is 12.6. The molecule has 4 rings (SSSR count). The molecule has 1 aromatic carbocycles. The van der Waals surface area contributed by atoms with Crippen molar-refractivity contribution in [2.24, 2.45) is 5.92 Å². The molecule has 1 fully saturated rings. The predicted molar refractivity (Wildman–Crippen MR) is 109 cm³/mol. The van der Waals surface area contributed by atoms with Crippen molar-refractivity contribution in [2.45, 2.75) is 19.9 Å². The molecule has 0 radical (unpaired) electrons. The van der Waals surface area contributed by atoms with Crippen LogP contribution in [0.3, 0.4) is 0 Å². The van der Waals surface area contributed by atoms with Gasteiger partial charge in [0.1, 0.15) is 0 Å². The fourth-order valence-corrected chi connectivity index (χ4v) is 3.91. The number of benzene rings is 1. The van der Waals surface area contributed by atoms with Crippen LogP contribution >= 0.6 is 11.3 Å². The van der Waals surface area contributed by atoms with Crippen LogP contribution in [0, 0.1) is 12.8 Å². The summed E-state index contributed by atoms with van der Waals surface area (Å²) >= 11 is 1.39. The van der Waals surface area contributed by atoms with E-state index >= 15 is 0 Å². The Bertz CT molecular complexity index is 985. The van der Waals surface area contributed by atoms with Crippen LogP contribution in [0.15, 0.2) is 54.0 Å². The topological polar surface area (TPSA) is 75.2 Å². The standard InChI is InChI=1S/C21H20N4O2S/c1-14-5-7-15(8-6-14)18-13-28-21(23-18)24-20(27)16-10-19(26)25(11-16)12-17-4-2-3-9-22-17/h2-9,13,16H,10-12H2,1H3,(H,23,24,27). The molecule has 2 amide bonds. The second-order valence-corrected chi connectivity index (χ2v) is 7.75. The first-order valence-corrected chi connectivity index (χ1v) is 9.97. The molecule has 0 bridgehead atoms. The molecule has 0 spiro atoms. The van der Waals surface area contributed by atoms with Gasteiger partial charge in [0.05, 0.1) is 23.9 Å². The van der Waals surface area contributed by atoms with Crippen LogP contribution in [0.1, 0.15) is 17.7 Å². The summed E-state index contributed by atoms with van der Waals surface area (Å²) in [6.07, 6.45) is 1.92. The van der Waals surface area contributed by atoms with Crippen molar-refractivity contribution >= 4 is 28.3 Å². The minimum Gasteiger partial charge on any atom is -0.336 e. The summed E-state index contributed by atoms with van der Waals surface area (Å²) in [7, 11) is 0. The minimum atomic E-state index is -0.372. The number of rotatable bonds is 5. The number of thiazole rings is 1. The van der Waals surface area contributed by atoms with E-state index in [4.69, 9.17) is 0 Å². The number of hydrogen-bond acceptors (Lipinski definition) is 5. The van der Waals surface area contributed by atoms with Crippen molar-refractivity contribution in [3.05, 3.63) is 65.3 Å². The van der Waals surface area contributed by atoms with Crippen LogP contribution in [-0.2, 0) is 16.1 Å². The van der Waals surface area contributed by atoms with E-state index < -0.39 is 0 Å². The first kappa shape index (κ1) is 18.3. The third kappa shape index (κ3) is 4.09. The lowest BCUT2D eigenvalue weighted by Gasteiger charge is -2.15. The summed E-state index contributed by atoms with van der Waals surface area (Å²) in [5, 5.41) is 5.34. The maximum absolute atomic E-state index is 12.6. The van der Waals surface area contributed by atoms with E-state index in [2.05, 4.69) is 15.3 Å². The van der Waals surface area contributed by atoms with Crippen LogP contribution in [0.5, 0.6) is 0 Å². The summed E-state index contributed by atoms with van der Waals surface area (Å²) in [5.41, 5.74) is 3.85. The van der Waals surface area contributed by atoms with Crippen molar-refractivity contribution in [3.8, 4) is 11.3 Å². The van der Waals surface area contributed by atoms with Gasteiger partial charge >= 0.3 is 0 Å². The molecule has 28 heavy (non-hydrogen) atoms. The number of pyridine rings is 1. The second-order valence-electron chi connectivity index (χ2n) is 6.89. The molecule has 1 aliphatic heterocycles. The van der Waals surface area contributed by atoms with E-state index in [9.17, 15) is 9.59 Å². The normalized spacial score (nSPS) is 16.4. The fourth-order valence-electron chi connectivity index (χ4n) is 3.18. The van der Waals surface area contributed by atoms with Gasteiger partial charge in [0.25, 0.3) is 0 Å². The molecule has 6 nitrogen and oxygen atoms in total. The van der Waals surface area contributed by atoms with Gasteiger partial charge in [-0.15, -0.1) is 11.3 Å². The Labute approximate surface area is 167 Å². The molecule has 1 N–H and O–H groups in total. The zero-order valence-electron chi connectivity index (χ0n) is 15.5. The van der Waals surface area contributed by atoms with Crippen LogP contribution in [0.4, 0.5) is 5.13 Å².